The van der Waals surface area contributed by atoms with Gasteiger partial charge in [-0.3, -0.25) is 9.78 Å². The van der Waals surface area contributed by atoms with E-state index in [0.29, 0.717) is 5.56 Å². The molecule has 2 N–H and O–H groups in total. The molecule has 0 aliphatic carbocycles. The Morgan fingerprint density at radius 3 is 2.75 bits per heavy atom. The highest BCUT2D eigenvalue weighted by atomic mass is 16.1. The van der Waals surface area contributed by atoms with Crippen molar-refractivity contribution in [2.75, 3.05) is 5.73 Å². The molecule has 5 nitrogen and oxygen atoms in total. The maximum atomic E-state index is 12.0. The van der Waals surface area contributed by atoms with Crippen molar-refractivity contribution in [1.82, 2.24) is 15.0 Å². The van der Waals surface area contributed by atoms with Gasteiger partial charge >= 0.3 is 0 Å². The third-order valence-corrected chi connectivity index (χ3v) is 2.10. The molecule has 0 aliphatic rings. The van der Waals surface area contributed by atoms with E-state index in [1.165, 1.54) is 18.6 Å². The van der Waals surface area contributed by atoms with Crippen LogP contribution in [0.2, 0.25) is 0 Å². The number of ketones is 1. The smallest absolute Gasteiger partial charge is 0.216 e. The molecule has 0 saturated heterocycles. The van der Waals surface area contributed by atoms with E-state index in [-0.39, 0.29) is 17.3 Å². The van der Waals surface area contributed by atoms with Gasteiger partial charge < -0.3 is 5.73 Å². The number of nitrogens with two attached hydrogens (primary N) is 1. The minimum atomic E-state index is -0.262. The minimum Gasteiger partial charge on any atom is -0.383 e. The van der Waals surface area contributed by atoms with Crippen molar-refractivity contribution < 1.29 is 4.79 Å². The molecule has 0 amide bonds. The average Bonchev–Trinajstić information content (AvgIpc) is 2.32. The quantitative estimate of drug-likeness (QED) is 0.754. The van der Waals surface area contributed by atoms with Crippen LogP contribution in [0.4, 0.5) is 5.82 Å². The second kappa shape index (κ2) is 4.06. The van der Waals surface area contributed by atoms with Gasteiger partial charge in [0.1, 0.15) is 11.5 Å². The molecule has 0 aromatic carbocycles. The van der Waals surface area contributed by atoms with Crippen LogP contribution in [0.15, 0.2) is 30.9 Å². The first-order valence-corrected chi connectivity index (χ1v) is 4.71. The number of hydrogen-bond donors (Lipinski definition) is 1. The second-order valence-electron chi connectivity index (χ2n) is 3.37. The van der Waals surface area contributed by atoms with Crippen LogP contribution in [-0.2, 0) is 0 Å². The molecule has 0 fully saturated rings. The Morgan fingerprint density at radius 2 is 2.06 bits per heavy atom. The predicted octanol–water partition coefficient (Wildman–Crippen LogP) is 0.993. The molecule has 0 spiro atoms. The van der Waals surface area contributed by atoms with Crippen molar-refractivity contribution >= 4 is 11.6 Å². The Kier molecular flexibility index (Phi) is 2.59. The summed E-state index contributed by atoms with van der Waals surface area (Å²) in [6.45, 7) is 1.85. The number of carbonyl (C=O) groups excluding carboxylic acids is 1. The Balaban J connectivity index is 2.46. The van der Waals surface area contributed by atoms with Crippen LogP contribution in [0.1, 0.15) is 21.6 Å². The molecule has 5 heteroatoms. The number of rotatable bonds is 2. The zero-order valence-corrected chi connectivity index (χ0v) is 8.71. The molecule has 2 heterocycles. The number of hydrogen-bond acceptors (Lipinski definition) is 5. The largest absolute Gasteiger partial charge is 0.383 e. The van der Waals surface area contributed by atoms with Crippen molar-refractivity contribution in [3.63, 3.8) is 0 Å². The van der Waals surface area contributed by atoms with Gasteiger partial charge in [-0.2, -0.15) is 0 Å². The van der Waals surface area contributed by atoms with E-state index in [0.717, 1.165) is 5.56 Å². The maximum absolute atomic E-state index is 12.0. The highest BCUT2D eigenvalue weighted by Gasteiger charge is 2.14. The van der Waals surface area contributed by atoms with Crippen LogP contribution in [0.5, 0.6) is 0 Å². The van der Waals surface area contributed by atoms with Gasteiger partial charge in [-0.25, -0.2) is 9.97 Å². The number of pyridine rings is 1. The molecule has 80 valence electrons. The SMILES string of the molecule is Cc1cnc(N)c(C(=O)c2cnccn2)c1. The van der Waals surface area contributed by atoms with Crippen LogP contribution in [0.3, 0.4) is 0 Å². The van der Waals surface area contributed by atoms with E-state index in [2.05, 4.69) is 15.0 Å². The van der Waals surface area contributed by atoms with Crippen LogP contribution < -0.4 is 5.73 Å². The zero-order valence-electron chi connectivity index (χ0n) is 8.71. The molecular formula is C11H10N4O. The van der Waals surface area contributed by atoms with E-state index >= 15 is 0 Å². The lowest BCUT2D eigenvalue weighted by molar-refractivity contribution is 0.103. The molecule has 16 heavy (non-hydrogen) atoms. The zero-order chi connectivity index (χ0) is 11.5. The Hall–Kier alpha value is -2.30. The van der Waals surface area contributed by atoms with Crippen molar-refractivity contribution in [2.24, 2.45) is 0 Å². The summed E-state index contributed by atoms with van der Waals surface area (Å²) in [7, 11) is 0. The summed E-state index contributed by atoms with van der Waals surface area (Å²) in [5, 5.41) is 0. The molecule has 0 saturated carbocycles. The van der Waals surface area contributed by atoms with E-state index in [4.69, 9.17) is 5.73 Å². The van der Waals surface area contributed by atoms with Crippen LogP contribution in [0, 0.1) is 6.92 Å². The summed E-state index contributed by atoms with van der Waals surface area (Å²) in [6.07, 6.45) is 5.99. The second-order valence-corrected chi connectivity index (χ2v) is 3.37. The summed E-state index contributed by atoms with van der Waals surface area (Å²) < 4.78 is 0. The normalized spacial score (nSPS) is 10.1. The van der Waals surface area contributed by atoms with E-state index in [1.807, 2.05) is 6.92 Å². The van der Waals surface area contributed by atoms with Gasteiger partial charge in [-0.1, -0.05) is 0 Å². The van der Waals surface area contributed by atoms with Crippen molar-refractivity contribution in [1.29, 1.82) is 0 Å². The lowest BCUT2D eigenvalue weighted by atomic mass is 10.1. The van der Waals surface area contributed by atoms with Gasteiger partial charge in [0.15, 0.2) is 0 Å². The van der Waals surface area contributed by atoms with Crippen molar-refractivity contribution in [3.8, 4) is 0 Å². The highest BCUT2D eigenvalue weighted by Crippen LogP contribution is 2.14. The fourth-order valence-corrected chi connectivity index (χ4v) is 1.32. The first-order chi connectivity index (χ1) is 7.68. The number of nitrogens with zero attached hydrogens (tertiary/aromatic N) is 3. The standard InChI is InChI=1S/C11H10N4O/c1-7-4-8(11(12)15-5-7)10(16)9-6-13-2-3-14-9/h2-6H,1H3,(H2,12,15). The third-order valence-electron chi connectivity index (χ3n) is 2.10. The first kappa shape index (κ1) is 10.2. The lowest BCUT2D eigenvalue weighted by Gasteiger charge is -2.03. The van der Waals surface area contributed by atoms with Crippen molar-refractivity contribution in [2.45, 2.75) is 6.92 Å². The molecule has 0 radical (unpaired) electrons. The first-order valence-electron chi connectivity index (χ1n) is 4.71. The molecule has 0 aliphatic heterocycles. The summed E-state index contributed by atoms with van der Waals surface area (Å²) in [5.41, 5.74) is 7.15. The van der Waals surface area contributed by atoms with Gasteiger partial charge in [-0.15, -0.1) is 0 Å². The number of anilines is 1. The molecule has 2 aromatic rings. The number of carbonyl (C=O) groups is 1. The van der Waals surface area contributed by atoms with Gasteiger partial charge in [-0.05, 0) is 18.6 Å². The van der Waals surface area contributed by atoms with Crippen LogP contribution in [-0.4, -0.2) is 20.7 Å². The average molecular weight is 214 g/mol. The van der Waals surface area contributed by atoms with E-state index < -0.39 is 0 Å². The summed E-state index contributed by atoms with van der Waals surface area (Å²) in [5.74, 6) is -0.0527. The van der Waals surface area contributed by atoms with E-state index in [9.17, 15) is 4.79 Å². The lowest BCUT2D eigenvalue weighted by Crippen LogP contribution is -2.09. The maximum Gasteiger partial charge on any atom is 0.216 e. The minimum absolute atomic E-state index is 0.209. The molecule has 0 unspecified atom stereocenters. The summed E-state index contributed by atoms with van der Waals surface area (Å²) in [6, 6.07) is 1.69. The predicted molar refractivity (Wildman–Crippen MR) is 58.9 cm³/mol. The highest BCUT2D eigenvalue weighted by molar-refractivity contribution is 6.10. The van der Waals surface area contributed by atoms with Gasteiger partial charge in [0.05, 0.1) is 11.8 Å². The monoisotopic (exact) mass is 214 g/mol. The summed E-state index contributed by atoms with van der Waals surface area (Å²) in [4.78, 5) is 23.7. The molecule has 0 bridgehead atoms. The number of nitrogen functional groups attached to an aromatic ring is 1. The van der Waals surface area contributed by atoms with Gasteiger partial charge in [0.2, 0.25) is 5.78 Å². The third kappa shape index (κ3) is 1.88. The molecular weight excluding hydrogens is 204 g/mol. The summed E-state index contributed by atoms with van der Waals surface area (Å²) >= 11 is 0. The Morgan fingerprint density at radius 1 is 1.25 bits per heavy atom. The van der Waals surface area contributed by atoms with Crippen LogP contribution >= 0.6 is 0 Å². The fourth-order valence-electron chi connectivity index (χ4n) is 1.32. The topological polar surface area (TPSA) is 81.8 Å². The fraction of sp³-hybridized carbons (Fsp3) is 0.0909. The molecule has 2 aromatic heterocycles. The van der Waals surface area contributed by atoms with Gasteiger partial charge in [0, 0.05) is 18.6 Å². The van der Waals surface area contributed by atoms with E-state index in [1.54, 1.807) is 12.3 Å². The van der Waals surface area contributed by atoms with Gasteiger partial charge in [0.25, 0.3) is 0 Å². The molecule has 2 rings (SSSR count). The number of aromatic nitrogens is 3. The number of aryl methyl sites for hydroxylation is 1. The Labute approximate surface area is 92.4 Å². The van der Waals surface area contributed by atoms with Crippen molar-refractivity contribution in [3.05, 3.63) is 47.7 Å². The molecule has 0 atom stereocenters. The Bertz CT molecular complexity index is 525. The van der Waals surface area contributed by atoms with Crippen LogP contribution in [0.25, 0.3) is 0 Å².